The molecule has 0 unspecified atom stereocenters. The molecule has 0 spiro atoms. The van der Waals surface area contributed by atoms with Crippen molar-refractivity contribution in [2.45, 2.75) is 38.0 Å². The van der Waals surface area contributed by atoms with Gasteiger partial charge in [-0.3, -0.25) is 4.72 Å². The summed E-state index contributed by atoms with van der Waals surface area (Å²) in [7, 11) is -3.70. The molecule has 124 valence electrons. The molecule has 3 rings (SSSR count). The predicted octanol–water partition coefficient (Wildman–Crippen LogP) is 3.08. The Morgan fingerprint density at radius 1 is 1.17 bits per heavy atom. The van der Waals surface area contributed by atoms with E-state index in [4.69, 9.17) is 4.52 Å². The molecule has 6 nitrogen and oxygen atoms in total. The summed E-state index contributed by atoms with van der Waals surface area (Å²) >= 11 is 0. The van der Waals surface area contributed by atoms with Crippen LogP contribution in [0.25, 0.3) is 0 Å². The van der Waals surface area contributed by atoms with Crippen molar-refractivity contribution >= 4 is 21.4 Å². The summed E-state index contributed by atoms with van der Waals surface area (Å²) in [5.74, 6) is 0.294. The molecule has 1 aliphatic rings. The molecule has 23 heavy (non-hydrogen) atoms. The topological polar surface area (TPSA) is 75.4 Å². The number of benzene rings is 1. The van der Waals surface area contributed by atoms with Gasteiger partial charge in [-0.2, -0.15) is 0 Å². The highest BCUT2D eigenvalue weighted by Crippen LogP contribution is 2.26. The Morgan fingerprint density at radius 2 is 1.91 bits per heavy atom. The van der Waals surface area contributed by atoms with Crippen LogP contribution in [0.4, 0.5) is 11.4 Å². The average molecular weight is 335 g/mol. The number of nitrogens with one attached hydrogen (secondary N) is 1. The van der Waals surface area contributed by atoms with Crippen LogP contribution in [0.1, 0.15) is 30.7 Å². The molecule has 2 aromatic rings. The molecule has 1 aliphatic heterocycles. The zero-order chi connectivity index (χ0) is 16.4. The third kappa shape index (κ3) is 3.34. The molecule has 7 heteroatoms. The first-order chi connectivity index (χ1) is 11.0. The lowest BCUT2D eigenvalue weighted by molar-refractivity contribution is 0.390. The van der Waals surface area contributed by atoms with E-state index in [0.717, 1.165) is 18.8 Å². The summed E-state index contributed by atoms with van der Waals surface area (Å²) < 4.78 is 32.7. The standard InChI is InChI=1S/C16H21N3O3S/c1-12-16(13(2)22-17-12)23(20,21)18-14-7-6-8-15(11-14)19-9-4-3-5-10-19/h6-8,11,18H,3-5,9-10H2,1-2H3. The van der Waals surface area contributed by atoms with Gasteiger partial charge in [0.1, 0.15) is 5.69 Å². The van der Waals surface area contributed by atoms with Gasteiger partial charge in [0.15, 0.2) is 10.7 Å². The molecule has 0 saturated carbocycles. The number of aromatic nitrogens is 1. The van der Waals surface area contributed by atoms with E-state index in [2.05, 4.69) is 14.8 Å². The SMILES string of the molecule is Cc1noc(C)c1S(=O)(=O)Nc1cccc(N2CCCCC2)c1. The summed E-state index contributed by atoms with van der Waals surface area (Å²) in [5, 5.41) is 3.71. The molecule has 0 amide bonds. The fourth-order valence-corrected chi connectivity index (χ4v) is 4.36. The van der Waals surface area contributed by atoms with Gasteiger partial charge in [-0.15, -0.1) is 0 Å². The minimum atomic E-state index is -3.70. The number of sulfonamides is 1. The molecule has 0 radical (unpaired) electrons. The average Bonchev–Trinajstić information content (AvgIpc) is 2.88. The second-order valence-electron chi connectivity index (χ2n) is 5.86. The Bertz CT molecular complexity index is 773. The Balaban J connectivity index is 1.85. The van der Waals surface area contributed by atoms with Gasteiger partial charge < -0.3 is 9.42 Å². The smallest absolute Gasteiger partial charge is 0.267 e. The number of rotatable bonds is 4. The summed E-state index contributed by atoms with van der Waals surface area (Å²) in [5.41, 5.74) is 1.96. The Hall–Kier alpha value is -2.02. The summed E-state index contributed by atoms with van der Waals surface area (Å²) in [4.78, 5) is 2.40. The zero-order valence-electron chi connectivity index (χ0n) is 13.4. The van der Waals surface area contributed by atoms with Gasteiger partial charge in [0, 0.05) is 18.8 Å². The van der Waals surface area contributed by atoms with Crippen LogP contribution in [0.5, 0.6) is 0 Å². The van der Waals surface area contributed by atoms with Gasteiger partial charge in [-0.1, -0.05) is 11.2 Å². The van der Waals surface area contributed by atoms with Crippen LogP contribution in [0.2, 0.25) is 0 Å². The van der Waals surface area contributed by atoms with E-state index < -0.39 is 10.0 Å². The van der Waals surface area contributed by atoms with Crippen molar-refractivity contribution < 1.29 is 12.9 Å². The summed E-state index contributed by atoms with van der Waals surface area (Å²) in [6.07, 6.45) is 3.61. The number of anilines is 2. The molecule has 1 aromatic carbocycles. The van der Waals surface area contributed by atoms with Crippen molar-refractivity contribution in [2.24, 2.45) is 0 Å². The third-order valence-electron chi connectivity index (χ3n) is 4.06. The minimum Gasteiger partial charge on any atom is -0.371 e. The van der Waals surface area contributed by atoms with Crippen LogP contribution in [0.3, 0.4) is 0 Å². The fourth-order valence-electron chi connectivity index (χ4n) is 2.98. The Kier molecular flexibility index (Phi) is 4.30. The van der Waals surface area contributed by atoms with E-state index in [1.165, 1.54) is 19.3 Å². The quantitative estimate of drug-likeness (QED) is 0.929. The van der Waals surface area contributed by atoms with Crippen LogP contribution < -0.4 is 9.62 Å². The molecular formula is C16H21N3O3S. The maximum Gasteiger partial charge on any atom is 0.267 e. The second kappa shape index (κ2) is 6.23. The number of piperidine rings is 1. The molecule has 0 aliphatic carbocycles. The van der Waals surface area contributed by atoms with Crippen molar-refractivity contribution in [3.05, 3.63) is 35.7 Å². The fraction of sp³-hybridized carbons (Fsp3) is 0.438. The van der Waals surface area contributed by atoms with Gasteiger partial charge in [0.05, 0.1) is 5.69 Å². The predicted molar refractivity (Wildman–Crippen MR) is 89.3 cm³/mol. The van der Waals surface area contributed by atoms with Gasteiger partial charge in [-0.05, 0) is 51.3 Å². The number of nitrogens with zero attached hydrogens (tertiary/aromatic N) is 2. The van der Waals surface area contributed by atoms with Crippen molar-refractivity contribution in [1.82, 2.24) is 5.16 Å². The Morgan fingerprint density at radius 3 is 2.57 bits per heavy atom. The van der Waals surface area contributed by atoms with E-state index in [-0.39, 0.29) is 4.90 Å². The number of hydrogen-bond donors (Lipinski definition) is 1. The summed E-state index contributed by atoms with van der Waals surface area (Å²) in [6.45, 7) is 5.24. The first-order valence-electron chi connectivity index (χ1n) is 7.78. The lowest BCUT2D eigenvalue weighted by Gasteiger charge is -2.29. The summed E-state index contributed by atoms with van der Waals surface area (Å²) in [6, 6.07) is 7.51. The van der Waals surface area contributed by atoms with E-state index in [9.17, 15) is 8.42 Å². The molecule has 1 aromatic heterocycles. The highest BCUT2D eigenvalue weighted by molar-refractivity contribution is 7.92. The normalized spacial score (nSPS) is 15.7. The van der Waals surface area contributed by atoms with Crippen molar-refractivity contribution in [3.63, 3.8) is 0 Å². The van der Waals surface area contributed by atoms with E-state index in [0.29, 0.717) is 17.1 Å². The lowest BCUT2D eigenvalue weighted by Crippen LogP contribution is -2.29. The van der Waals surface area contributed by atoms with Crippen molar-refractivity contribution in [3.8, 4) is 0 Å². The third-order valence-corrected chi connectivity index (χ3v) is 5.68. The molecule has 1 fully saturated rings. The second-order valence-corrected chi connectivity index (χ2v) is 7.48. The van der Waals surface area contributed by atoms with E-state index in [1.807, 2.05) is 18.2 Å². The van der Waals surface area contributed by atoms with Gasteiger partial charge >= 0.3 is 0 Å². The largest absolute Gasteiger partial charge is 0.371 e. The molecule has 1 N–H and O–H groups in total. The highest BCUT2D eigenvalue weighted by atomic mass is 32.2. The van der Waals surface area contributed by atoms with Crippen LogP contribution in [0.15, 0.2) is 33.7 Å². The zero-order valence-corrected chi connectivity index (χ0v) is 14.2. The maximum atomic E-state index is 12.6. The van der Waals surface area contributed by atoms with Gasteiger partial charge in [-0.25, -0.2) is 8.42 Å². The van der Waals surface area contributed by atoms with E-state index in [1.54, 1.807) is 19.9 Å². The van der Waals surface area contributed by atoms with Crippen molar-refractivity contribution in [1.29, 1.82) is 0 Å². The maximum absolute atomic E-state index is 12.6. The molecule has 1 saturated heterocycles. The first-order valence-corrected chi connectivity index (χ1v) is 9.26. The molecule has 0 bridgehead atoms. The van der Waals surface area contributed by atoms with Crippen LogP contribution in [-0.2, 0) is 10.0 Å². The van der Waals surface area contributed by atoms with Crippen molar-refractivity contribution in [2.75, 3.05) is 22.7 Å². The monoisotopic (exact) mass is 335 g/mol. The minimum absolute atomic E-state index is 0.112. The first kappa shape index (κ1) is 15.9. The van der Waals surface area contributed by atoms with Gasteiger partial charge in [0.2, 0.25) is 0 Å². The highest BCUT2D eigenvalue weighted by Gasteiger charge is 2.24. The molecule has 2 heterocycles. The molecular weight excluding hydrogens is 314 g/mol. The number of aryl methyl sites for hydroxylation is 2. The van der Waals surface area contributed by atoms with Crippen LogP contribution in [-0.4, -0.2) is 26.7 Å². The van der Waals surface area contributed by atoms with Crippen LogP contribution >= 0.6 is 0 Å². The van der Waals surface area contributed by atoms with Gasteiger partial charge in [0.25, 0.3) is 10.0 Å². The van der Waals surface area contributed by atoms with E-state index >= 15 is 0 Å². The van der Waals surface area contributed by atoms with Crippen LogP contribution in [0, 0.1) is 13.8 Å². The molecule has 0 atom stereocenters. The number of hydrogen-bond acceptors (Lipinski definition) is 5. The Labute approximate surface area is 136 Å². The lowest BCUT2D eigenvalue weighted by atomic mass is 10.1.